The average Bonchev–Trinajstić information content (AvgIpc) is 3.22. The third kappa shape index (κ3) is 4.69. The summed E-state index contributed by atoms with van der Waals surface area (Å²) < 4.78 is 2.19. The summed E-state index contributed by atoms with van der Waals surface area (Å²) in [6, 6.07) is 14.9. The fourth-order valence-electron chi connectivity index (χ4n) is 3.25. The quantitative estimate of drug-likeness (QED) is 0.468. The van der Waals surface area contributed by atoms with Gasteiger partial charge in [0.2, 0.25) is 0 Å². The molecule has 0 radical (unpaired) electrons. The molecule has 0 aliphatic carbocycles. The van der Waals surface area contributed by atoms with Gasteiger partial charge in [-0.1, -0.05) is 23.2 Å². The number of carbonyl (C=O) groups excluding carboxylic acids is 1. The lowest BCUT2D eigenvalue weighted by atomic mass is 10.1. The van der Waals surface area contributed by atoms with Crippen LogP contribution in [-0.4, -0.2) is 23.2 Å². The van der Waals surface area contributed by atoms with E-state index in [0.717, 1.165) is 41.2 Å². The number of rotatable bonds is 4. The molecule has 1 amide bonds. The Bertz CT molecular complexity index is 1070. The van der Waals surface area contributed by atoms with Crippen LogP contribution in [0.25, 0.3) is 11.1 Å². The van der Waals surface area contributed by atoms with E-state index in [1.807, 2.05) is 43.3 Å². The first kappa shape index (κ1) is 20.1. The van der Waals surface area contributed by atoms with Crippen molar-refractivity contribution in [2.45, 2.75) is 13.3 Å². The number of amides is 1. The SMILES string of the molecule is Cc1cc(-c2cc(Cl)cc(NC(=O)c3cc(N4CCCS4)ccc3Cl)c2)ccn1. The summed E-state index contributed by atoms with van der Waals surface area (Å²) in [6.07, 6.45) is 2.89. The van der Waals surface area contributed by atoms with Gasteiger partial charge in [-0.2, -0.15) is 0 Å². The van der Waals surface area contributed by atoms with Crippen molar-refractivity contribution in [3.8, 4) is 11.1 Å². The van der Waals surface area contributed by atoms with Crippen LogP contribution in [0.4, 0.5) is 11.4 Å². The minimum absolute atomic E-state index is 0.264. The largest absolute Gasteiger partial charge is 0.322 e. The van der Waals surface area contributed by atoms with Crippen molar-refractivity contribution < 1.29 is 4.79 Å². The van der Waals surface area contributed by atoms with Crippen molar-refractivity contribution in [1.82, 2.24) is 4.98 Å². The molecule has 1 aliphatic heterocycles. The Labute approximate surface area is 184 Å². The Morgan fingerprint density at radius 1 is 1.10 bits per heavy atom. The number of hydrogen-bond acceptors (Lipinski definition) is 4. The van der Waals surface area contributed by atoms with Gasteiger partial charge in [0.25, 0.3) is 5.91 Å². The normalized spacial score (nSPS) is 13.6. The number of hydrogen-bond donors (Lipinski definition) is 1. The highest BCUT2D eigenvalue weighted by molar-refractivity contribution is 8.00. The fourth-order valence-corrected chi connectivity index (χ4v) is 4.68. The molecule has 2 aromatic carbocycles. The third-order valence-corrected chi connectivity index (χ3v) is 6.34. The van der Waals surface area contributed by atoms with Crippen molar-refractivity contribution in [1.29, 1.82) is 0 Å². The Hall–Kier alpha value is -2.21. The molecular weight excluding hydrogens is 425 g/mol. The van der Waals surface area contributed by atoms with Gasteiger partial charge >= 0.3 is 0 Å². The van der Waals surface area contributed by atoms with Crippen molar-refractivity contribution in [3.63, 3.8) is 0 Å². The van der Waals surface area contributed by atoms with Crippen LogP contribution in [0.5, 0.6) is 0 Å². The van der Waals surface area contributed by atoms with Gasteiger partial charge in [-0.15, -0.1) is 0 Å². The standard InChI is InChI=1S/C22H19Cl2N3OS/c1-14-9-15(5-6-25-14)16-10-17(23)12-18(11-16)26-22(28)20-13-19(3-4-21(20)24)27-7-2-8-29-27/h3-6,9-13H,2,7-8H2,1H3,(H,26,28). The second-order valence-electron chi connectivity index (χ2n) is 6.82. The summed E-state index contributed by atoms with van der Waals surface area (Å²) in [6.45, 7) is 2.90. The Morgan fingerprint density at radius 3 is 2.72 bits per heavy atom. The van der Waals surface area contributed by atoms with E-state index in [1.54, 1.807) is 30.3 Å². The molecule has 4 nitrogen and oxygen atoms in total. The molecule has 0 bridgehead atoms. The molecule has 148 valence electrons. The summed E-state index contributed by atoms with van der Waals surface area (Å²) in [5, 5.41) is 3.89. The maximum atomic E-state index is 12.9. The molecule has 1 N–H and O–H groups in total. The highest BCUT2D eigenvalue weighted by atomic mass is 35.5. The van der Waals surface area contributed by atoms with Crippen LogP contribution in [0.15, 0.2) is 54.7 Å². The number of anilines is 2. The number of pyridine rings is 1. The highest BCUT2D eigenvalue weighted by Crippen LogP contribution is 2.32. The zero-order chi connectivity index (χ0) is 20.4. The molecule has 0 atom stereocenters. The molecular formula is C22H19Cl2N3OS. The first-order chi connectivity index (χ1) is 14.0. The van der Waals surface area contributed by atoms with E-state index in [2.05, 4.69) is 14.6 Å². The smallest absolute Gasteiger partial charge is 0.257 e. The van der Waals surface area contributed by atoms with Crippen molar-refractivity contribution in [2.24, 2.45) is 0 Å². The van der Waals surface area contributed by atoms with Crippen LogP contribution in [0.3, 0.4) is 0 Å². The predicted octanol–water partition coefficient (Wildman–Crippen LogP) is 6.47. The topological polar surface area (TPSA) is 45.2 Å². The lowest BCUT2D eigenvalue weighted by Gasteiger charge is -2.17. The van der Waals surface area contributed by atoms with E-state index in [0.29, 0.717) is 21.3 Å². The van der Waals surface area contributed by atoms with E-state index >= 15 is 0 Å². The summed E-state index contributed by atoms with van der Waals surface area (Å²) in [7, 11) is 0. The van der Waals surface area contributed by atoms with Gasteiger partial charge in [-0.3, -0.25) is 9.78 Å². The van der Waals surface area contributed by atoms with Crippen molar-refractivity contribution in [3.05, 3.63) is 76.0 Å². The minimum Gasteiger partial charge on any atom is -0.322 e. The highest BCUT2D eigenvalue weighted by Gasteiger charge is 2.18. The summed E-state index contributed by atoms with van der Waals surface area (Å²) >= 11 is 14.4. The third-order valence-electron chi connectivity index (χ3n) is 4.62. The number of aromatic nitrogens is 1. The molecule has 2 heterocycles. The fraction of sp³-hybridized carbons (Fsp3) is 0.182. The summed E-state index contributed by atoms with van der Waals surface area (Å²) in [5.41, 5.74) is 4.85. The molecule has 3 aromatic rings. The van der Waals surface area contributed by atoms with E-state index in [-0.39, 0.29) is 5.91 Å². The predicted molar refractivity (Wildman–Crippen MR) is 123 cm³/mol. The maximum absolute atomic E-state index is 12.9. The van der Waals surface area contributed by atoms with Gasteiger partial charge in [0, 0.05) is 40.6 Å². The second-order valence-corrected chi connectivity index (χ2v) is 8.77. The van der Waals surface area contributed by atoms with Gasteiger partial charge in [0.15, 0.2) is 0 Å². The number of aryl methyl sites for hydroxylation is 1. The van der Waals surface area contributed by atoms with Crippen molar-refractivity contribution in [2.75, 3.05) is 21.9 Å². The molecule has 1 saturated heterocycles. The lowest BCUT2D eigenvalue weighted by molar-refractivity contribution is 0.102. The van der Waals surface area contributed by atoms with Crippen LogP contribution in [-0.2, 0) is 0 Å². The monoisotopic (exact) mass is 443 g/mol. The molecule has 7 heteroatoms. The molecule has 4 rings (SSSR count). The lowest BCUT2D eigenvalue weighted by Crippen LogP contribution is -2.15. The first-order valence-corrected chi connectivity index (χ1v) is 10.9. The molecule has 1 aliphatic rings. The maximum Gasteiger partial charge on any atom is 0.257 e. The second kappa shape index (κ2) is 8.66. The number of benzene rings is 2. The molecule has 29 heavy (non-hydrogen) atoms. The van der Waals surface area contributed by atoms with Crippen LogP contribution in [0.2, 0.25) is 10.0 Å². The average molecular weight is 444 g/mol. The number of carbonyl (C=O) groups is 1. The Balaban J connectivity index is 1.61. The van der Waals surface area contributed by atoms with Gasteiger partial charge in [-0.25, -0.2) is 0 Å². The summed E-state index contributed by atoms with van der Waals surface area (Å²) in [4.78, 5) is 17.2. The van der Waals surface area contributed by atoms with Crippen LogP contribution < -0.4 is 9.62 Å². The first-order valence-electron chi connectivity index (χ1n) is 9.24. The zero-order valence-corrected chi connectivity index (χ0v) is 18.1. The molecule has 0 unspecified atom stereocenters. The molecule has 0 saturated carbocycles. The van der Waals surface area contributed by atoms with Crippen LogP contribution >= 0.6 is 35.1 Å². The number of halogens is 2. The van der Waals surface area contributed by atoms with Gasteiger partial charge in [-0.05, 0) is 85.0 Å². The Morgan fingerprint density at radius 2 is 1.97 bits per heavy atom. The van der Waals surface area contributed by atoms with E-state index in [9.17, 15) is 4.79 Å². The molecule has 0 spiro atoms. The van der Waals surface area contributed by atoms with E-state index < -0.39 is 0 Å². The molecule has 1 aromatic heterocycles. The van der Waals surface area contributed by atoms with Gasteiger partial charge in [0.1, 0.15) is 0 Å². The van der Waals surface area contributed by atoms with Gasteiger partial charge in [0.05, 0.1) is 10.6 Å². The Kier molecular flexibility index (Phi) is 5.99. The van der Waals surface area contributed by atoms with Crippen molar-refractivity contribution >= 4 is 52.4 Å². The summed E-state index contributed by atoms with van der Waals surface area (Å²) in [5.74, 6) is 0.824. The van der Waals surface area contributed by atoms with Gasteiger partial charge < -0.3 is 9.62 Å². The zero-order valence-electron chi connectivity index (χ0n) is 15.8. The van der Waals surface area contributed by atoms with E-state index in [4.69, 9.17) is 23.2 Å². The van der Waals surface area contributed by atoms with Crippen LogP contribution in [0, 0.1) is 6.92 Å². The molecule has 1 fully saturated rings. The van der Waals surface area contributed by atoms with Crippen LogP contribution in [0.1, 0.15) is 22.5 Å². The number of nitrogens with zero attached hydrogens (tertiary/aromatic N) is 2. The van der Waals surface area contributed by atoms with E-state index in [1.165, 1.54) is 0 Å². The number of nitrogens with one attached hydrogen (secondary N) is 1. The minimum atomic E-state index is -0.264.